The molecule has 0 saturated heterocycles. The number of nitrogens with two attached hydrogens (primary N) is 1. The zero-order chi connectivity index (χ0) is 22.1. The van der Waals surface area contributed by atoms with Crippen molar-refractivity contribution in [3.8, 4) is 11.5 Å². The highest BCUT2D eigenvalue weighted by atomic mass is 16.5. The van der Waals surface area contributed by atoms with Crippen molar-refractivity contribution in [3.05, 3.63) is 40.2 Å². The lowest BCUT2D eigenvalue weighted by Crippen LogP contribution is -2.25. The van der Waals surface area contributed by atoms with Gasteiger partial charge in [0.1, 0.15) is 6.61 Å². The summed E-state index contributed by atoms with van der Waals surface area (Å²) in [5.41, 5.74) is 8.51. The number of fused-ring (bicyclic) bond motifs is 1. The van der Waals surface area contributed by atoms with E-state index < -0.39 is 0 Å². The van der Waals surface area contributed by atoms with Crippen LogP contribution in [0.4, 0.5) is 5.69 Å². The zero-order valence-corrected chi connectivity index (χ0v) is 19.3. The number of aromatic nitrogens is 1. The molecule has 5 nitrogen and oxygen atoms in total. The van der Waals surface area contributed by atoms with Crippen molar-refractivity contribution in [2.45, 2.75) is 85.8 Å². The van der Waals surface area contributed by atoms with Gasteiger partial charge in [-0.1, -0.05) is 44.6 Å². The number of allylic oxidation sites excluding steroid dienone is 1. The highest BCUT2D eigenvalue weighted by molar-refractivity contribution is 5.90. The Morgan fingerprint density at radius 1 is 1.10 bits per heavy atom. The minimum atomic E-state index is -0.150. The Kier molecular flexibility index (Phi) is 9.28. The van der Waals surface area contributed by atoms with E-state index in [1.165, 1.54) is 25.7 Å². The van der Waals surface area contributed by atoms with E-state index in [0.29, 0.717) is 24.6 Å². The van der Waals surface area contributed by atoms with Crippen LogP contribution in [0.5, 0.6) is 11.5 Å². The topological polar surface area (TPSA) is 66.5 Å². The average Bonchev–Trinajstić information content (AvgIpc) is 2.68. The van der Waals surface area contributed by atoms with Gasteiger partial charge in [-0.05, 0) is 58.4 Å². The molecule has 0 bridgehead atoms. The fraction of sp³-hybridized carbons (Fsp3) is 0.560. The number of hydrogen-bond donors (Lipinski definition) is 1. The first-order valence-corrected chi connectivity index (χ1v) is 11.2. The van der Waals surface area contributed by atoms with Crippen molar-refractivity contribution >= 4 is 16.6 Å². The minimum Gasteiger partial charge on any atom is -0.485 e. The molecule has 0 aliphatic heterocycles. The molecule has 1 aromatic heterocycles. The van der Waals surface area contributed by atoms with Gasteiger partial charge < -0.3 is 19.8 Å². The van der Waals surface area contributed by atoms with Crippen LogP contribution in [0.25, 0.3) is 10.9 Å². The number of rotatable bonds is 12. The summed E-state index contributed by atoms with van der Waals surface area (Å²) in [6.07, 6.45) is 8.86. The molecular weight excluding hydrogens is 376 g/mol. The van der Waals surface area contributed by atoms with Gasteiger partial charge in [-0.3, -0.25) is 4.79 Å². The van der Waals surface area contributed by atoms with Crippen LogP contribution in [0.1, 0.15) is 73.1 Å². The Hall–Kier alpha value is -2.43. The van der Waals surface area contributed by atoms with Crippen LogP contribution in [0.3, 0.4) is 0 Å². The number of ether oxygens (including phenoxy) is 2. The molecule has 0 radical (unpaired) electrons. The van der Waals surface area contributed by atoms with Gasteiger partial charge in [-0.2, -0.15) is 0 Å². The maximum absolute atomic E-state index is 13.4. The van der Waals surface area contributed by atoms with Gasteiger partial charge in [0, 0.05) is 17.6 Å². The highest BCUT2D eigenvalue weighted by Gasteiger charge is 2.20. The van der Waals surface area contributed by atoms with Crippen LogP contribution in [0.15, 0.2) is 34.6 Å². The molecule has 166 valence electrons. The fourth-order valence-corrected chi connectivity index (χ4v) is 3.46. The minimum absolute atomic E-state index is 0.128. The van der Waals surface area contributed by atoms with Crippen LogP contribution >= 0.6 is 0 Å². The summed E-state index contributed by atoms with van der Waals surface area (Å²) in [6, 6.07) is 5.63. The summed E-state index contributed by atoms with van der Waals surface area (Å²) in [6.45, 7) is 11.1. The van der Waals surface area contributed by atoms with Crippen LogP contribution in [-0.2, 0) is 6.54 Å². The third-order valence-electron chi connectivity index (χ3n) is 5.01. The number of aryl methyl sites for hydroxylation is 1. The molecule has 2 rings (SSSR count). The SMILES string of the molecule is CCCCCCCCn1c(=O)c(OC(C)C)c(OCC=C(C)C)c2ccc(N)cc21. The Morgan fingerprint density at radius 3 is 2.47 bits per heavy atom. The number of anilines is 1. The second-order valence-corrected chi connectivity index (χ2v) is 8.42. The lowest BCUT2D eigenvalue weighted by Gasteiger charge is -2.20. The molecule has 0 fully saturated rings. The van der Waals surface area contributed by atoms with E-state index in [0.717, 1.165) is 29.3 Å². The van der Waals surface area contributed by atoms with Crippen molar-refractivity contribution in [1.82, 2.24) is 4.57 Å². The second-order valence-electron chi connectivity index (χ2n) is 8.42. The zero-order valence-electron chi connectivity index (χ0n) is 19.3. The molecule has 0 aliphatic rings. The normalized spacial score (nSPS) is 11.1. The molecule has 30 heavy (non-hydrogen) atoms. The van der Waals surface area contributed by atoms with E-state index in [4.69, 9.17) is 15.2 Å². The molecule has 0 aliphatic carbocycles. The molecule has 0 saturated carbocycles. The molecule has 0 unspecified atom stereocenters. The van der Waals surface area contributed by atoms with Crippen LogP contribution < -0.4 is 20.8 Å². The van der Waals surface area contributed by atoms with Crippen LogP contribution in [-0.4, -0.2) is 17.3 Å². The third-order valence-corrected chi connectivity index (χ3v) is 5.01. The summed E-state index contributed by atoms with van der Waals surface area (Å²) in [5, 5.41) is 0.854. The van der Waals surface area contributed by atoms with Gasteiger partial charge in [-0.15, -0.1) is 0 Å². The van der Waals surface area contributed by atoms with Crippen LogP contribution in [0.2, 0.25) is 0 Å². The monoisotopic (exact) mass is 414 g/mol. The van der Waals surface area contributed by atoms with Gasteiger partial charge in [0.2, 0.25) is 5.75 Å². The fourth-order valence-electron chi connectivity index (χ4n) is 3.46. The standard InChI is InChI=1S/C25H38N2O3/c1-6-7-8-9-10-11-15-27-22-17-20(26)12-13-21(22)23(29-16-14-18(2)3)24(25(27)28)30-19(4)5/h12-14,17,19H,6-11,15-16,26H2,1-5H3. The number of nitrogen functional groups attached to an aromatic ring is 1. The summed E-state index contributed by atoms with van der Waals surface area (Å²) in [4.78, 5) is 13.4. The summed E-state index contributed by atoms with van der Waals surface area (Å²) in [7, 11) is 0. The van der Waals surface area contributed by atoms with Gasteiger partial charge in [0.15, 0.2) is 5.75 Å². The van der Waals surface area contributed by atoms with E-state index >= 15 is 0 Å². The number of unbranched alkanes of at least 4 members (excludes halogenated alkanes) is 5. The smallest absolute Gasteiger partial charge is 0.297 e. The van der Waals surface area contributed by atoms with Crippen LogP contribution in [0, 0.1) is 0 Å². The first kappa shape index (κ1) is 23.8. The first-order valence-electron chi connectivity index (χ1n) is 11.2. The van der Waals surface area contributed by atoms with E-state index in [2.05, 4.69) is 6.92 Å². The Balaban J connectivity index is 2.46. The van der Waals surface area contributed by atoms with E-state index in [-0.39, 0.29) is 17.4 Å². The van der Waals surface area contributed by atoms with E-state index in [1.54, 1.807) is 4.57 Å². The quantitative estimate of drug-likeness (QED) is 0.260. The molecule has 0 spiro atoms. The molecule has 1 heterocycles. The summed E-state index contributed by atoms with van der Waals surface area (Å²) in [5.74, 6) is 0.788. The molecule has 0 amide bonds. The number of pyridine rings is 1. The number of nitrogens with zero attached hydrogens (tertiary/aromatic N) is 1. The van der Waals surface area contributed by atoms with E-state index in [9.17, 15) is 4.79 Å². The van der Waals surface area contributed by atoms with Crippen molar-refractivity contribution in [2.24, 2.45) is 0 Å². The maximum atomic E-state index is 13.4. The van der Waals surface area contributed by atoms with Gasteiger partial charge in [0.25, 0.3) is 5.56 Å². The molecular formula is C25H38N2O3. The third kappa shape index (κ3) is 6.54. The van der Waals surface area contributed by atoms with Crippen molar-refractivity contribution in [2.75, 3.05) is 12.3 Å². The molecule has 2 N–H and O–H groups in total. The van der Waals surface area contributed by atoms with Crippen molar-refractivity contribution < 1.29 is 9.47 Å². The average molecular weight is 415 g/mol. The Morgan fingerprint density at radius 2 is 1.80 bits per heavy atom. The molecule has 0 atom stereocenters. The van der Waals surface area contributed by atoms with E-state index in [1.807, 2.05) is 52.0 Å². The molecule has 2 aromatic rings. The highest BCUT2D eigenvalue weighted by Crippen LogP contribution is 2.34. The predicted molar refractivity (Wildman–Crippen MR) is 127 cm³/mol. The lowest BCUT2D eigenvalue weighted by molar-refractivity contribution is 0.222. The van der Waals surface area contributed by atoms with Gasteiger partial charge in [0.05, 0.1) is 11.6 Å². The van der Waals surface area contributed by atoms with Gasteiger partial charge in [-0.25, -0.2) is 0 Å². The molecule has 1 aromatic carbocycles. The predicted octanol–water partition coefficient (Wildman–Crippen LogP) is 6.08. The lowest BCUT2D eigenvalue weighted by atomic mass is 10.1. The van der Waals surface area contributed by atoms with Crippen molar-refractivity contribution in [1.29, 1.82) is 0 Å². The maximum Gasteiger partial charge on any atom is 0.297 e. The van der Waals surface area contributed by atoms with Gasteiger partial charge >= 0.3 is 0 Å². The largest absolute Gasteiger partial charge is 0.485 e. The number of benzene rings is 1. The summed E-state index contributed by atoms with van der Waals surface area (Å²) < 4.78 is 13.8. The van der Waals surface area contributed by atoms with Crippen molar-refractivity contribution in [3.63, 3.8) is 0 Å². The number of hydrogen-bond acceptors (Lipinski definition) is 4. The first-order chi connectivity index (χ1) is 14.3. The molecule has 5 heteroatoms. The Labute approximate surface area is 180 Å². The Bertz CT molecular complexity index is 909. The summed E-state index contributed by atoms with van der Waals surface area (Å²) >= 11 is 0. The second kappa shape index (κ2) is 11.7.